The Labute approximate surface area is 231 Å². The first-order valence-electron chi connectivity index (χ1n) is 13.4. The summed E-state index contributed by atoms with van der Waals surface area (Å²) in [5.41, 5.74) is 3.83. The highest BCUT2D eigenvalue weighted by molar-refractivity contribution is 5.95. The SMILES string of the molecule is CC[C@@]1(O)C(=O)OCc2c1cc1n(c2=O)Cc2c-1nc1ccc(C=N)cc1c2OCc1ccc(C(C)(C)C)cc1. The monoisotopic (exact) mass is 537 g/mol. The molecule has 4 aromatic rings. The number of carbonyl (C=O) groups is 1. The third kappa shape index (κ3) is 3.93. The van der Waals surface area contributed by atoms with Crippen LogP contribution in [0.15, 0.2) is 53.3 Å². The second-order valence-electron chi connectivity index (χ2n) is 11.5. The van der Waals surface area contributed by atoms with Crippen molar-refractivity contribution in [2.24, 2.45) is 0 Å². The zero-order valence-electron chi connectivity index (χ0n) is 23.0. The number of nitrogens with zero attached hydrogens (tertiary/aromatic N) is 2. The lowest BCUT2D eigenvalue weighted by molar-refractivity contribution is -0.172. The summed E-state index contributed by atoms with van der Waals surface area (Å²) in [6.07, 6.45) is 1.35. The molecule has 2 aromatic carbocycles. The molecule has 0 aliphatic carbocycles. The minimum atomic E-state index is -1.89. The van der Waals surface area contributed by atoms with E-state index in [2.05, 4.69) is 45.0 Å². The number of hydrogen-bond donors (Lipinski definition) is 2. The molecule has 2 aliphatic rings. The Morgan fingerprint density at radius 3 is 2.55 bits per heavy atom. The van der Waals surface area contributed by atoms with Crippen LogP contribution in [-0.2, 0) is 40.3 Å². The number of pyridine rings is 2. The minimum absolute atomic E-state index is 0.0441. The second-order valence-corrected chi connectivity index (χ2v) is 11.5. The third-order valence-electron chi connectivity index (χ3n) is 8.03. The number of ether oxygens (including phenoxy) is 2. The molecule has 0 saturated carbocycles. The van der Waals surface area contributed by atoms with Gasteiger partial charge in [0.05, 0.1) is 29.0 Å². The maximum Gasteiger partial charge on any atom is 0.343 e. The average Bonchev–Trinajstić information content (AvgIpc) is 3.31. The van der Waals surface area contributed by atoms with Crippen LogP contribution in [0.1, 0.15) is 67.5 Å². The molecule has 0 bridgehead atoms. The largest absolute Gasteiger partial charge is 0.488 e. The third-order valence-corrected chi connectivity index (χ3v) is 8.03. The summed E-state index contributed by atoms with van der Waals surface area (Å²) < 4.78 is 13.3. The van der Waals surface area contributed by atoms with E-state index in [-0.39, 0.29) is 41.7 Å². The van der Waals surface area contributed by atoms with Crippen molar-refractivity contribution in [1.29, 1.82) is 5.41 Å². The second kappa shape index (κ2) is 9.13. The van der Waals surface area contributed by atoms with Crippen LogP contribution in [0.5, 0.6) is 5.75 Å². The van der Waals surface area contributed by atoms with Gasteiger partial charge in [0, 0.05) is 22.7 Å². The molecular formula is C32H31N3O5. The lowest BCUT2D eigenvalue weighted by Crippen LogP contribution is -2.44. The first kappa shape index (κ1) is 26.0. The molecule has 0 saturated heterocycles. The maximum atomic E-state index is 13.6. The fourth-order valence-electron chi connectivity index (χ4n) is 5.57. The van der Waals surface area contributed by atoms with Gasteiger partial charge in [-0.25, -0.2) is 9.78 Å². The molecule has 0 amide bonds. The van der Waals surface area contributed by atoms with Gasteiger partial charge in [-0.15, -0.1) is 0 Å². The molecule has 8 nitrogen and oxygen atoms in total. The molecule has 40 heavy (non-hydrogen) atoms. The molecule has 0 spiro atoms. The molecule has 4 heterocycles. The van der Waals surface area contributed by atoms with Gasteiger partial charge in [0.15, 0.2) is 5.60 Å². The minimum Gasteiger partial charge on any atom is -0.488 e. The number of rotatable bonds is 5. The Morgan fingerprint density at radius 2 is 1.88 bits per heavy atom. The molecular weight excluding hydrogens is 506 g/mol. The van der Waals surface area contributed by atoms with E-state index in [1.165, 1.54) is 11.8 Å². The predicted molar refractivity (Wildman–Crippen MR) is 152 cm³/mol. The number of aliphatic hydroxyl groups is 1. The Morgan fingerprint density at radius 1 is 1.12 bits per heavy atom. The molecule has 2 N–H and O–H groups in total. The van der Waals surface area contributed by atoms with E-state index < -0.39 is 11.6 Å². The van der Waals surface area contributed by atoms with Crippen LogP contribution in [0.25, 0.3) is 22.3 Å². The number of carbonyl (C=O) groups excluding carboxylic acids is 1. The quantitative estimate of drug-likeness (QED) is 0.242. The summed E-state index contributed by atoms with van der Waals surface area (Å²) in [6, 6.07) is 15.5. The number of hydrogen-bond acceptors (Lipinski definition) is 7. The first-order chi connectivity index (χ1) is 19.0. The van der Waals surface area contributed by atoms with Gasteiger partial charge in [0.25, 0.3) is 5.56 Å². The highest BCUT2D eigenvalue weighted by Crippen LogP contribution is 2.43. The van der Waals surface area contributed by atoms with Crippen LogP contribution in [0.4, 0.5) is 0 Å². The molecule has 8 heteroatoms. The number of esters is 1. The fourth-order valence-corrected chi connectivity index (χ4v) is 5.57. The van der Waals surface area contributed by atoms with Crippen molar-refractivity contribution < 1.29 is 19.4 Å². The summed E-state index contributed by atoms with van der Waals surface area (Å²) in [5.74, 6) is -0.153. The van der Waals surface area contributed by atoms with Crippen LogP contribution < -0.4 is 10.3 Å². The maximum absolute atomic E-state index is 13.6. The smallest absolute Gasteiger partial charge is 0.343 e. The molecule has 1 atom stereocenters. The van der Waals surface area contributed by atoms with Crippen LogP contribution in [-0.4, -0.2) is 26.8 Å². The van der Waals surface area contributed by atoms with Gasteiger partial charge >= 0.3 is 5.97 Å². The van der Waals surface area contributed by atoms with E-state index in [0.717, 1.165) is 16.5 Å². The zero-order valence-corrected chi connectivity index (χ0v) is 23.0. The summed E-state index contributed by atoms with van der Waals surface area (Å²) in [6.45, 7) is 8.56. The summed E-state index contributed by atoms with van der Waals surface area (Å²) >= 11 is 0. The van der Waals surface area contributed by atoms with Crippen LogP contribution in [0.3, 0.4) is 0 Å². The van der Waals surface area contributed by atoms with Gasteiger partial charge in [-0.1, -0.05) is 58.0 Å². The average molecular weight is 538 g/mol. The van der Waals surface area contributed by atoms with Gasteiger partial charge in [0.1, 0.15) is 19.0 Å². The number of fused-ring (bicyclic) bond motifs is 5. The van der Waals surface area contributed by atoms with Gasteiger partial charge in [-0.05, 0) is 46.7 Å². The predicted octanol–water partition coefficient (Wildman–Crippen LogP) is 4.95. The van der Waals surface area contributed by atoms with Crippen molar-refractivity contribution in [2.45, 2.75) is 64.9 Å². The Bertz CT molecular complexity index is 1770. The first-order valence-corrected chi connectivity index (χ1v) is 13.4. The summed E-state index contributed by atoms with van der Waals surface area (Å²) in [7, 11) is 0. The lowest BCUT2D eigenvalue weighted by Gasteiger charge is -2.31. The summed E-state index contributed by atoms with van der Waals surface area (Å²) in [5, 5.41) is 19.7. The Kier molecular flexibility index (Phi) is 5.92. The van der Waals surface area contributed by atoms with E-state index in [9.17, 15) is 14.7 Å². The highest BCUT2D eigenvalue weighted by atomic mass is 16.6. The van der Waals surface area contributed by atoms with Crippen LogP contribution >= 0.6 is 0 Å². The van der Waals surface area contributed by atoms with Crippen LogP contribution in [0, 0.1) is 5.41 Å². The molecule has 2 aromatic heterocycles. The van der Waals surface area contributed by atoms with Crippen molar-refractivity contribution in [3.63, 3.8) is 0 Å². The van der Waals surface area contributed by atoms with Gasteiger partial charge in [-0.3, -0.25) is 4.79 Å². The van der Waals surface area contributed by atoms with E-state index >= 15 is 0 Å². The lowest BCUT2D eigenvalue weighted by atomic mass is 9.86. The van der Waals surface area contributed by atoms with E-state index in [4.69, 9.17) is 19.9 Å². The fraction of sp³-hybridized carbons (Fsp3) is 0.312. The number of benzene rings is 2. The highest BCUT2D eigenvalue weighted by Gasteiger charge is 2.45. The number of cyclic esters (lactones) is 1. The zero-order chi connectivity index (χ0) is 28.4. The van der Waals surface area contributed by atoms with Crippen molar-refractivity contribution in [3.8, 4) is 17.1 Å². The normalized spacial score (nSPS) is 17.7. The Hall–Kier alpha value is -4.30. The molecule has 2 aliphatic heterocycles. The van der Waals surface area contributed by atoms with Crippen molar-refractivity contribution in [2.75, 3.05) is 0 Å². The van der Waals surface area contributed by atoms with Crippen LogP contribution in [0.2, 0.25) is 0 Å². The number of nitrogens with one attached hydrogen (secondary N) is 1. The standard InChI is InChI=1S/C32H31N3O5/c1-5-32(38)24-13-26-27-22(15-35(26)29(36)23(24)17-40-30(32)37)28(21-12-19(14-33)8-11-25(21)34-27)39-16-18-6-9-20(10-7-18)31(2,3)4/h6-14,33,38H,5,15-17H2,1-4H3/t32-/m0/s1. The molecule has 204 valence electrons. The molecule has 0 unspecified atom stereocenters. The molecule has 0 fully saturated rings. The molecule has 0 radical (unpaired) electrons. The van der Waals surface area contributed by atoms with Crippen molar-refractivity contribution >= 4 is 23.1 Å². The van der Waals surface area contributed by atoms with E-state index in [1.807, 2.05) is 18.2 Å². The van der Waals surface area contributed by atoms with Crippen molar-refractivity contribution in [1.82, 2.24) is 9.55 Å². The Balaban J connectivity index is 1.49. The molecule has 6 rings (SSSR count). The topological polar surface area (TPSA) is 115 Å². The van der Waals surface area contributed by atoms with Gasteiger partial charge in [0.2, 0.25) is 0 Å². The number of aromatic nitrogens is 2. The van der Waals surface area contributed by atoms with E-state index in [1.54, 1.807) is 17.6 Å². The van der Waals surface area contributed by atoms with Gasteiger partial charge in [-0.2, -0.15) is 0 Å². The summed E-state index contributed by atoms with van der Waals surface area (Å²) in [4.78, 5) is 31.1. The van der Waals surface area contributed by atoms with E-state index in [0.29, 0.717) is 34.8 Å². The van der Waals surface area contributed by atoms with Gasteiger partial charge < -0.3 is 24.6 Å². The van der Waals surface area contributed by atoms with Crippen molar-refractivity contribution in [3.05, 3.63) is 92.3 Å².